The van der Waals surface area contributed by atoms with Crippen molar-refractivity contribution in [2.45, 2.75) is 46.1 Å². The highest BCUT2D eigenvalue weighted by atomic mass is 16.5. The first-order valence-electron chi connectivity index (χ1n) is 5.06. The van der Waals surface area contributed by atoms with E-state index in [-0.39, 0.29) is 5.91 Å². The maximum Gasteiger partial charge on any atom is 0.216 e. The SMILES string of the molecule is CCC(CC)OCCCNC(C)=O. The molecule has 0 fully saturated rings. The van der Waals surface area contributed by atoms with Crippen molar-refractivity contribution in [2.24, 2.45) is 0 Å². The number of nitrogens with one attached hydrogen (secondary N) is 1. The van der Waals surface area contributed by atoms with Crippen LogP contribution in [-0.2, 0) is 9.53 Å². The fraction of sp³-hybridized carbons (Fsp3) is 0.900. The summed E-state index contributed by atoms with van der Waals surface area (Å²) in [6.07, 6.45) is 3.42. The predicted octanol–water partition coefficient (Wildman–Crippen LogP) is 1.72. The van der Waals surface area contributed by atoms with Crippen LogP contribution >= 0.6 is 0 Å². The highest BCUT2D eigenvalue weighted by Crippen LogP contribution is 2.02. The van der Waals surface area contributed by atoms with Gasteiger partial charge in [-0.15, -0.1) is 0 Å². The molecule has 3 nitrogen and oxygen atoms in total. The van der Waals surface area contributed by atoms with Gasteiger partial charge in [0.05, 0.1) is 6.10 Å². The van der Waals surface area contributed by atoms with Crippen LogP contribution in [0.1, 0.15) is 40.0 Å². The summed E-state index contributed by atoms with van der Waals surface area (Å²) in [6.45, 7) is 7.24. The Bertz CT molecular complexity index is 133. The standard InChI is InChI=1S/C10H21NO2/c1-4-10(5-2)13-8-6-7-11-9(3)12/h10H,4-8H2,1-3H3,(H,11,12). The Morgan fingerprint density at radius 3 is 2.46 bits per heavy atom. The molecule has 0 unspecified atom stereocenters. The molecular weight excluding hydrogens is 166 g/mol. The summed E-state index contributed by atoms with van der Waals surface area (Å²) < 4.78 is 5.57. The number of hydrogen-bond donors (Lipinski definition) is 1. The lowest BCUT2D eigenvalue weighted by atomic mass is 10.2. The molecule has 0 aromatic rings. The highest BCUT2D eigenvalue weighted by Gasteiger charge is 2.01. The van der Waals surface area contributed by atoms with Gasteiger partial charge < -0.3 is 10.1 Å². The zero-order chi connectivity index (χ0) is 10.1. The minimum Gasteiger partial charge on any atom is -0.378 e. The van der Waals surface area contributed by atoms with E-state index >= 15 is 0 Å². The maximum atomic E-state index is 10.5. The Kier molecular flexibility index (Phi) is 7.69. The second kappa shape index (κ2) is 8.05. The molecule has 0 aliphatic rings. The summed E-state index contributed by atoms with van der Waals surface area (Å²) in [5.41, 5.74) is 0. The number of ether oxygens (including phenoxy) is 1. The van der Waals surface area contributed by atoms with E-state index in [1.807, 2.05) is 0 Å². The van der Waals surface area contributed by atoms with Gasteiger partial charge >= 0.3 is 0 Å². The van der Waals surface area contributed by atoms with Crippen molar-refractivity contribution in [1.29, 1.82) is 0 Å². The van der Waals surface area contributed by atoms with Crippen LogP contribution < -0.4 is 5.32 Å². The fourth-order valence-electron chi connectivity index (χ4n) is 1.11. The van der Waals surface area contributed by atoms with Gasteiger partial charge in [0, 0.05) is 20.1 Å². The average molecular weight is 187 g/mol. The van der Waals surface area contributed by atoms with E-state index in [1.54, 1.807) is 0 Å². The zero-order valence-electron chi connectivity index (χ0n) is 8.93. The number of carbonyl (C=O) groups excluding carboxylic acids is 1. The summed E-state index contributed by atoms with van der Waals surface area (Å²) in [4.78, 5) is 10.5. The van der Waals surface area contributed by atoms with Crippen LogP contribution in [0.5, 0.6) is 0 Å². The van der Waals surface area contributed by atoms with E-state index in [1.165, 1.54) is 6.92 Å². The molecule has 0 aliphatic carbocycles. The van der Waals surface area contributed by atoms with Crippen LogP contribution in [0.3, 0.4) is 0 Å². The molecule has 0 rings (SSSR count). The molecule has 3 heteroatoms. The molecule has 0 aliphatic heterocycles. The minimum absolute atomic E-state index is 0.0301. The predicted molar refractivity (Wildman–Crippen MR) is 53.6 cm³/mol. The van der Waals surface area contributed by atoms with Crippen molar-refractivity contribution < 1.29 is 9.53 Å². The molecule has 1 amide bonds. The van der Waals surface area contributed by atoms with Crippen molar-refractivity contribution in [3.8, 4) is 0 Å². The largest absolute Gasteiger partial charge is 0.378 e. The van der Waals surface area contributed by atoms with Gasteiger partial charge in [0.2, 0.25) is 5.91 Å². The third-order valence-corrected chi connectivity index (χ3v) is 1.96. The highest BCUT2D eigenvalue weighted by molar-refractivity contribution is 5.72. The first-order valence-corrected chi connectivity index (χ1v) is 5.06. The molecule has 13 heavy (non-hydrogen) atoms. The lowest BCUT2D eigenvalue weighted by molar-refractivity contribution is -0.119. The van der Waals surface area contributed by atoms with Crippen LogP contribution in [-0.4, -0.2) is 25.2 Å². The molecule has 1 N–H and O–H groups in total. The van der Waals surface area contributed by atoms with E-state index in [2.05, 4.69) is 19.2 Å². The van der Waals surface area contributed by atoms with E-state index in [9.17, 15) is 4.79 Å². The van der Waals surface area contributed by atoms with E-state index in [0.29, 0.717) is 6.10 Å². The number of amides is 1. The first kappa shape index (κ1) is 12.4. The topological polar surface area (TPSA) is 38.3 Å². The molecule has 0 aromatic carbocycles. The molecule has 78 valence electrons. The lowest BCUT2D eigenvalue weighted by Gasteiger charge is -2.13. The molecular formula is C10H21NO2. The molecule has 0 spiro atoms. The zero-order valence-corrected chi connectivity index (χ0v) is 8.93. The summed E-state index contributed by atoms with van der Waals surface area (Å²) >= 11 is 0. The summed E-state index contributed by atoms with van der Waals surface area (Å²) in [6, 6.07) is 0. The third kappa shape index (κ3) is 7.78. The van der Waals surface area contributed by atoms with Crippen molar-refractivity contribution in [3.05, 3.63) is 0 Å². The number of carbonyl (C=O) groups is 1. The number of rotatable bonds is 7. The van der Waals surface area contributed by atoms with Gasteiger partial charge in [0.15, 0.2) is 0 Å². The second-order valence-electron chi connectivity index (χ2n) is 3.15. The number of hydrogen-bond acceptors (Lipinski definition) is 2. The van der Waals surface area contributed by atoms with Crippen LogP contribution in [0.4, 0.5) is 0 Å². The molecule has 0 aromatic heterocycles. The van der Waals surface area contributed by atoms with Gasteiger partial charge in [-0.25, -0.2) is 0 Å². The van der Waals surface area contributed by atoms with E-state index in [0.717, 1.165) is 32.4 Å². The molecule has 0 bridgehead atoms. The Morgan fingerprint density at radius 1 is 1.38 bits per heavy atom. The van der Waals surface area contributed by atoms with Gasteiger partial charge in [-0.3, -0.25) is 4.79 Å². The van der Waals surface area contributed by atoms with Crippen LogP contribution in [0, 0.1) is 0 Å². The third-order valence-electron chi connectivity index (χ3n) is 1.96. The monoisotopic (exact) mass is 187 g/mol. The smallest absolute Gasteiger partial charge is 0.216 e. The molecule has 0 saturated heterocycles. The van der Waals surface area contributed by atoms with E-state index < -0.39 is 0 Å². The maximum absolute atomic E-state index is 10.5. The summed E-state index contributed by atoms with van der Waals surface area (Å²) in [7, 11) is 0. The molecule has 0 heterocycles. The summed E-state index contributed by atoms with van der Waals surface area (Å²) in [5, 5.41) is 2.74. The van der Waals surface area contributed by atoms with E-state index in [4.69, 9.17) is 4.74 Å². The minimum atomic E-state index is 0.0301. The molecule has 0 atom stereocenters. The van der Waals surface area contributed by atoms with Crippen LogP contribution in [0.15, 0.2) is 0 Å². The van der Waals surface area contributed by atoms with Crippen molar-refractivity contribution in [1.82, 2.24) is 5.32 Å². The van der Waals surface area contributed by atoms with Gasteiger partial charge in [0.25, 0.3) is 0 Å². The first-order chi connectivity index (χ1) is 6.20. The van der Waals surface area contributed by atoms with Crippen LogP contribution in [0.25, 0.3) is 0 Å². The normalized spacial score (nSPS) is 10.5. The van der Waals surface area contributed by atoms with Gasteiger partial charge in [-0.1, -0.05) is 13.8 Å². The second-order valence-corrected chi connectivity index (χ2v) is 3.15. The van der Waals surface area contributed by atoms with Crippen molar-refractivity contribution in [2.75, 3.05) is 13.2 Å². The van der Waals surface area contributed by atoms with Crippen LogP contribution in [0.2, 0.25) is 0 Å². The van der Waals surface area contributed by atoms with Crippen molar-refractivity contribution >= 4 is 5.91 Å². The Hall–Kier alpha value is -0.570. The molecule has 0 radical (unpaired) electrons. The Morgan fingerprint density at radius 2 is 2.00 bits per heavy atom. The average Bonchev–Trinajstić information content (AvgIpc) is 2.11. The fourth-order valence-corrected chi connectivity index (χ4v) is 1.11. The Labute approximate surface area is 80.8 Å². The summed E-state index contributed by atoms with van der Waals surface area (Å²) in [5.74, 6) is 0.0301. The lowest BCUT2D eigenvalue weighted by Crippen LogP contribution is -2.22. The Balaban J connectivity index is 3.19. The van der Waals surface area contributed by atoms with Gasteiger partial charge in [0.1, 0.15) is 0 Å². The van der Waals surface area contributed by atoms with Gasteiger partial charge in [-0.05, 0) is 19.3 Å². The van der Waals surface area contributed by atoms with Gasteiger partial charge in [-0.2, -0.15) is 0 Å². The molecule has 0 saturated carbocycles. The van der Waals surface area contributed by atoms with Crippen molar-refractivity contribution in [3.63, 3.8) is 0 Å². The quantitative estimate of drug-likeness (QED) is 0.616.